The van der Waals surface area contributed by atoms with Crippen LogP contribution >= 0.6 is 0 Å². The lowest BCUT2D eigenvalue weighted by Crippen LogP contribution is -2.52. The summed E-state index contributed by atoms with van der Waals surface area (Å²) < 4.78 is 10.7. The van der Waals surface area contributed by atoms with E-state index in [1.807, 2.05) is 36.4 Å². The maximum Gasteiger partial charge on any atom is 0.124 e. The minimum atomic E-state index is 0.142. The van der Waals surface area contributed by atoms with Crippen LogP contribution in [0.2, 0.25) is 0 Å². The fourth-order valence-electron chi connectivity index (χ4n) is 4.04. The fraction of sp³-hybridized carbons (Fsp3) is 0.0833. The van der Waals surface area contributed by atoms with Gasteiger partial charge in [-0.05, 0) is 34.0 Å². The normalized spacial score (nSPS) is 10.9. The Morgan fingerprint density at radius 2 is 1.09 bits per heavy atom. The summed E-state index contributed by atoms with van der Waals surface area (Å²) in [5.74, 6) is 1.30. The molecule has 0 aromatic heterocycles. The summed E-state index contributed by atoms with van der Waals surface area (Å²) in [6.45, 7) is 0. The Morgan fingerprint density at radius 3 is 1.65 bits per heavy atom. The zero-order valence-corrected chi connectivity index (χ0v) is 18.9. The molecule has 0 amide bonds. The molecule has 1 N–H and O–H groups in total. The van der Waals surface area contributed by atoms with E-state index in [9.17, 15) is 0 Å². The molecular weight excluding hydrogens is 410 g/mol. The van der Waals surface area contributed by atoms with Gasteiger partial charge < -0.3 is 14.8 Å². The molecule has 3 nitrogen and oxygen atoms in total. The van der Waals surface area contributed by atoms with Gasteiger partial charge in [0.25, 0.3) is 0 Å². The molecule has 34 heavy (non-hydrogen) atoms. The van der Waals surface area contributed by atoms with E-state index in [0.717, 1.165) is 16.9 Å². The molecule has 4 rings (SSSR count). The molecule has 0 atom stereocenters. The van der Waals surface area contributed by atoms with Crippen LogP contribution in [0, 0.1) is 0 Å². The number of benzene rings is 4. The van der Waals surface area contributed by atoms with Gasteiger partial charge in [-0.15, -0.1) is 10.9 Å². The summed E-state index contributed by atoms with van der Waals surface area (Å²) >= 11 is 0. The number of anilines is 2. The van der Waals surface area contributed by atoms with Crippen LogP contribution < -0.4 is 53.0 Å². The lowest BCUT2D eigenvalue weighted by atomic mass is 9.58. The van der Waals surface area contributed by atoms with Crippen molar-refractivity contribution in [3.8, 4) is 22.6 Å². The third-order valence-electron chi connectivity index (χ3n) is 5.82. The predicted octanol–water partition coefficient (Wildman–Crippen LogP) is -2.18. The number of hydrogen-bond donors (Lipinski definition) is 1. The zero-order valence-electron chi connectivity index (χ0n) is 18.9. The molecule has 0 fully saturated rings. The van der Waals surface area contributed by atoms with Crippen molar-refractivity contribution in [3.63, 3.8) is 0 Å². The molecule has 10 heteroatoms. The van der Waals surface area contributed by atoms with Gasteiger partial charge in [0.2, 0.25) is 0 Å². The molecule has 0 saturated carbocycles. The molecule has 0 spiro atoms. The highest BCUT2D eigenvalue weighted by Crippen LogP contribution is 2.29. The van der Waals surface area contributed by atoms with Crippen molar-refractivity contribution in [2.24, 2.45) is 0 Å². The van der Waals surface area contributed by atoms with Crippen molar-refractivity contribution in [2.75, 3.05) is 19.5 Å². The van der Waals surface area contributed by atoms with E-state index in [0.29, 0.717) is 33.3 Å². The second-order valence-electron chi connectivity index (χ2n) is 7.83. The standard InChI is InChI=1S/C24H14B7NO2/c1-33-13-7-12(8-14(9-13)34-2)32-11-5-3-4-10(6-11)15-18(25)16-17(20(27)19(15)26)22(29)24(31)23(30)21(16)28/h3-9,32H,1-2H3. The summed E-state index contributed by atoms with van der Waals surface area (Å²) in [7, 11) is 47.1. The number of fused-ring (bicyclic) bond motifs is 1. The number of nitrogens with one attached hydrogen (secondary N) is 1. The number of methoxy groups -OCH3 is 2. The smallest absolute Gasteiger partial charge is 0.124 e. The van der Waals surface area contributed by atoms with Crippen LogP contribution in [0.3, 0.4) is 0 Å². The first-order valence-corrected chi connectivity index (χ1v) is 10.3. The first kappa shape index (κ1) is 24.1. The molecule has 0 unspecified atom stereocenters. The van der Waals surface area contributed by atoms with Crippen molar-refractivity contribution < 1.29 is 9.47 Å². The SMILES string of the molecule is [B]c1c([B])c([B])c2c([B])c(-c3cccc(Nc4cc(OC)cc(OC)c4)c3)c([B])c([B])c2c1[B]. The topological polar surface area (TPSA) is 30.5 Å². The first-order chi connectivity index (χ1) is 16.2. The quantitative estimate of drug-likeness (QED) is 0.370. The maximum atomic E-state index is 6.57. The summed E-state index contributed by atoms with van der Waals surface area (Å²) in [4.78, 5) is 0. The summed E-state index contributed by atoms with van der Waals surface area (Å²) in [6, 6.07) is 13.0. The lowest BCUT2D eigenvalue weighted by Gasteiger charge is -2.25. The summed E-state index contributed by atoms with van der Waals surface area (Å²) in [5.41, 5.74) is 4.25. The molecule has 0 aliphatic carbocycles. The zero-order chi connectivity index (χ0) is 24.7. The van der Waals surface area contributed by atoms with Gasteiger partial charge in [0.05, 0.1) is 14.2 Å². The maximum absolute atomic E-state index is 6.57. The van der Waals surface area contributed by atoms with Crippen LogP contribution in [0.1, 0.15) is 0 Å². The Kier molecular flexibility index (Phi) is 6.62. The Morgan fingerprint density at radius 1 is 0.559 bits per heavy atom. The third kappa shape index (κ3) is 4.04. The van der Waals surface area contributed by atoms with E-state index >= 15 is 0 Å². The van der Waals surface area contributed by atoms with Crippen LogP contribution in [-0.2, 0) is 0 Å². The van der Waals surface area contributed by atoms with Crippen molar-refractivity contribution in [2.45, 2.75) is 0 Å². The minimum Gasteiger partial charge on any atom is -0.497 e. The van der Waals surface area contributed by atoms with Crippen molar-refractivity contribution >= 4 is 115 Å². The Hall–Kier alpha value is -3.01. The van der Waals surface area contributed by atoms with E-state index in [-0.39, 0.29) is 32.8 Å². The van der Waals surface area contributed by atoms with Gasteiger partial charge in [-0.1, -0.05) is 39.4 Å². The number of rotatable bonds is 5. The van der Waals surface area contributed by atoms with Crippen LogP contribution in [-0.4, -0.2) is 69.1 Å². The lowest BCUT2D eigenvalue weighted by molar-refractivity contribution is 0.395. The van der Waals surface area contributed by atoms with Gasteiger partial charge in [0.1, 0.15) is 66.4 Å². The summed E-state index contributed by atoms with van der Waals surface area (Å²) in [5, 5.41) is 4.15. The molecule has 0 heterocycles. The van der Waals surface area contributed by atoms with Crippen molar-refractivity contribution in [3.05, 3.63) is 42.5 Å². The molecule has 0 bridgehead atoms. The predicted molar refractivity (Wildman–Crippen MR) is 150 cm³/mol. The highest BCUT2D eigenvalue weighted by molar-refractivity contribution is 6.72. The molecule has 0 saturated heterocycles. The first-order valence-electron chi connectivity index (χ1n) is 10.3. The molecule has 4 aromatic carbocycles. The average Bonchev–Trinajstić information content (AvgIpc) is 2.83. The average molecular weight is 424 g/mol. The van der Waals surface area contributed by atoms with E-state index < -0.39 is 0 Å². The highest BCUT2D eigenvalue weighted by atomic mass is 16.5. The van der Waals surface area contributed by atoms with Gasteiger partial charge in [0, 0.05) is 29.6 Å². The van der Waals surface area contributed by atoms with Crippen LogP contribution in [0.4, 0.5) is 11.4 Å². The molecule has 4 aromatic rings. The Bertz CT molecular complexity index is 1420. The number of ether oxygens (including phenoxy) is 2. The Labute approximate surface area is 209 Å². The van der Waals surface area contributed by atoms with E-state index in [1.165, 1.54) is 0 Å². The van der Waals surface area contributed by atoms with Gasteiger partial charge >= 0.3 is 0 Å². The monoisotopic (exact) mass is 425 g/mol. The van der Waals surface area contributed by atoms with E-state index in [4.69, 9.17) is 64.4 Å². The van der Waals surface area contributed by atoms with Crippen molar-refractivity contribution in [1.29, 1.82) is 0 Å². The van der Waals surface area contributed by atoms with Gasteiger partial charge in [-0.2, -0.15) is 0 Å². The van der Waals surface area contributed by atoms with Crippen LogP contribution in [0.25, 0.3) is 21.9 Å². The van der Waals surface area contributed by atoms with Gasteiger partial charge in [-0.25, -0.2) is 0 Å². The van der Waals surface area contributed by atoms with Crippen LogP contribution in [0.5, 0.6) is 11.5 Å². The summed E-state index contributed by atoms with van der Waals surface area (Å²) in [6.07, 6.45) is 0. The van der Waals surface area contributed by atoms with Gasteiger partial charge in [-0.3, -0.25) is 0 Å². The second kappa shape index (κ2) is 9.33. The molecule has 0 aliphatic rings. The Balaban J connectivity index is 1.88. The highest BCUT2D eigenvalue weighted by Gasteiger charge is 2.17. The molecule has 14 radical (unpaired) electrons. The molecule has 0 aliphatic heterocycles. The van der Waals surface area contributed by atoms with E-state index in [2.05, 4.69) is 5.32 Å². The molecule has 148 valence electrons. The van der Waals surface area contributed by atoms with Crippen molar-refractivity contribution in [1.82, 2.24) is 0 Å². The largest absolute Gasteiger partial charge is 0.497 e. The number of hydrogen-bond acceptors (Lipinski definition) is 3. The van der Waals surface area contributed by atoms with E-state index in [1.54, 1.807) is 20.3 Å². The molecular formula is C24H14B7NO2. The minimum absolute atomic E-state index is 0.142. The second-order valence-corrected chi connectivity index (χ2v) is 7.83. The van der Waals surface area contributed by atoms with Crippen LogP contribution in [0.15, 0.2) is 42.5 Å². The van der Waals surface area contributed by atoms with Gasteiger partial charge in [0.15, 0.2) is 0 Å². The third-order valence-corrected chi connectivity index (χ3v) is 5.82. The fourth-order valence-corrected chi connectivity index (χ4v) is 4.04.